The van der Waals surface area contributed by atoms with Gasteiger partial charge in [0.1, 0.15) is 5.82 Å². The molecule has 1 fully saturated rings. The zero-order valence-corrected chi connectivity index (χ0v) is 8.81. The maximum absolute atomic E-state index is 13.0. The maximum Gasteiger partial charge on any atom is 0.123 e. The van der Waals surface area contributed by atoms with Gasteiger partial charge >= 0.3 is 0 Å². The van der Waals surface area contributed by atoms with Crippen LogP contribution in [-0.2, 0) is 0 Å². The summed E-state index contributed by atoms with van der Waals surface area (Å²) in [5.74, 6) is 0.305. The Morgan fingerprint density at radius 3 is 2.93 bits per heavy atom. The fourth-order valence-corrected chi connectivity index (χ4v) is 2.24. The van der Waals surface area contributed by atoms with Crippen LogP contribution in [0, 0.1) is 11.7 Å². The predicted octanol–water partition coefficient (Wildman–Crippen LogP) is 3.15. The van der Waals surface area contributed by atoms with E-state index in [1.165, 1.54) is 12.1 Å². The minimum Gasteiger partial charge on any atom is -0.310 e. The standard InChI is InChI=1S/C11H13ClFN/c1-7-4-5-14-11(7)9-6-8(13)2-3-10(9)12/h2-3,6-7,11,14H,4-5H2,1H3/t7-,11-/m0/s1. The lowest BCUT2D eigenvalue weighted by atomic mass is 9.96. The zero-order chi connectivity index (χ0) is 10.1. The molecule has 3 heteroatoms. The minimum absolute atomic E-state index is 0.207. The summed E-state index contributed by atoms with van der Waals surface area (Å²) < 4.78 is 13.0. The molecule has 0 radical (unpaired) electrons. The third-order valence-electron chi connectivity index (χ3n) is 2.83. The Labute approximate surface area is 88.3 Å². The van der Waals surface area contributed by atoms with Crippen molar-refractivity contribution in [3.8, 4) is 0 Å². The van der Waals surface area contributed by atoms with Crippen LogP contribution in [0.3, 0.4) is 0 Å². The average Bonchev–Trinajstić information content (AvgIpc) is 2.56. The van der Waals surface area contributed by atoms with Crippen molar-refractivity contribution >= 4 is 11.6 Å². The molecule has 1 nitrogen and oxygen atoms in total. The summed E-state index contributed by atoms with van der Waals surface area (Å²) in [6.45, 7) is 3.14. The van der Waals surface area contributed by atoms with E-state index in [0.717, 1.165) is 18.5 Å². The second-order valence-electron chi connectivity index (χ2n) is 3.86. The Kier molecular flexibility index (Phi) is 2.75. The molecule has 1 N–H and O–H groups in total. The van der Waals surface area contributed by atoms with E-state index in [-0.39, 0.29) is 11.9 Å². The number of hydrogen-bond acceptors (Lipinski definition) is 1. The first-order chi connectivity index (χ1) is 6.68. The summed E-state index contributed by atoms with van der Waals surface area (Å²) in [5, 5.41) is 3.99. The molecule has 1 aromatic carbocycles. The maximum atomic E-state index is 13.0. The molecule has 0 amide bonds. The molecule has 0 spiro atoms. The first-order valence-corrected chi connectivity index (χ1v) is 5.24. The molecule has 14 heavy (non-hydrogen) atoms. The Bertz CT molecular complexity index is 340. The van der Waals surface area contributed by atoms with E-state index >= 15 is 0 Å². The summed E-state index contributed by atoms with van der Waals surface area (Å²) in [6, 6.07) is 4.75. The van der Waals surface area contributed by atoms with Crippen molar-refractivity contribution in [1.82, 2.24) is 5.32 Å². The molecule has 0 aromatic heterocycles. The van der Waals surface area contributed by atoms with Crippen LogP contribution in [0.1, 0.15) is 24.9 Å². The van der Waals surface area contributed by atoms with Crippen molar-refractivity contribution in [2.45, 2.75) is 19.4 Å². The minimum atomic E-state index is -0.217. The molecular weight excluding hydrogens is 201 g/mol. The highest BCUT2D eigenvalue weighted by molar-refractivity contribution is 6.31. The van der Waals surface area contributed by atoms with Crippen molar-refractivity contribution in [3.63, 3.8) is 0 Å². The Morgan fingerprint density at radius 1 is 1.50 bits per heavy atom. The SMILES string of the molecule is C[C@H]1CCN[C@@H]1c1cc(F)ccc1Cl. The molecule has 2 atom stereocenters. The van der Waals surface area contributed by atoms with Crippen LogP contribution in [0.5, 0.6) is 0 Å². The van der Waals surface area contributed by atoms with E-state index in [1.807, 2.05) is 0 Å². The summed E-state index contributed by atoms with van der Waals surface area (Å²) in [4.78, 5) is 0. The fourth-order valence-electron chi connectivity index (χ4n) is 2.00. The molecule has 1 heterocycles. The molecule has 0 aliphatic carbocycles. The largest absolute Gasteiger partial charge is 0.310 e. The molecule has 2 rings (SSSR count). The van der Waals surface area contributed by atoms with Gasteiger partial charge in [-0.25, -0.2) is 4.39 Å². The van der Waals surface area contributed by atoms with Crippen LogP contribution in [0.25, 0.3) is 0 Å². The molecular formula is C11H13ClFN. The monoisotopic (exact) mass is 213 g/mol. The molecule has 1 aliphatic heterocycles. The second-order valence-corrected chi connectivity index (χ2v) is 4.27. The van der Waals surface area contributed by atoms with E-state index in [2.05, 4.69) is 12.2 Å². The molecule has 0 unspecified atom stereocenters. The van der Waals surface area contributed by atoms with Crippen LogP contribution in [-0.4, -0.2) is 6.54 Å². The topological polar surface area (TPSA) is 12.0 Å². The first-order valence-electron chi connectivity index (χ1n) is 4.87. The third-order valence-corrected chi connectivity index (χ3v) is 3.17. The number of hydrogen-bond donors (Lipinski definition) is 1. The van der Waals surface area contributed by atoms with Gasteiger partial charge in [0.25, 0.3) is 0 Å². The quantitative estimate of drug-likeness (QED) is 0.756. The van der Waals surface area contributed by atoms with E-state index in [9.17, 15) is 4.39 Å². The summed E-state index contributed by atoms with van der Waals surface area (Å²) >= 11 is 6.03. The van der Waals surface area contributed by atoms with Crippen LogP contribution >= 0.6 is 11.6 Å². The lowest BCUT2D eigenvalue weighted by molar-refractivity contribution is 0.500. The molecule has 0 bridgehead atoms. The van der Waals surface area contributed by atoms with E-state index in [1.54, 1.807) is 6.07 Å². The van der Waals surface area contributed by atoms with Gasteiger partial charge in [-0.05, 0) is 42.6 Å². The number of rotatable bonds is 1. The fraction of sp³-hybridized carbons (Fsp3) is 0.455. The molecule has 1 aromatic rings. The van der Waals surface area contributed by atoms with Crippen LogP contribution in [0.4, 0.5) is 4.39 Å². The molecule has 1 aliphatic rings. The molecule has 1 saturated heterocycles. The van der Waals surface area contributed by atoms with Crippen molar-refractivity contribution in [2.24, 2.45) is 5.92 Å². The predicted molar refractivity (Wildman–Crippen MR) is 55.9 cm³/mol. The number of benzene rings is 1. The van der Waals surface area contributed by atoms with Crippen molar-refractivity contribution in [1.29, 1.82) is 0 Å². The van der Waals surface area contributed by atoms with Gasteiger partial charge in [-0.15, -0.1) is 0 Å². The van der Waals surface area contributed by atoms with Crippen molar-refractivity contribution < 1.29 is 4.39 Å². The van der Waals surface area contributed by atoms with Gasteiger partial charge in [-0.2, -0.15) is 0 Å². The van der Waals surface area contributed by atoms with Gasteiger partial charge in [-0.3, -0.25) is 0 Å². The third kappa shape index (κ3) is 1.77. The zero-order valence-electron chi connectivity index (χ0n) is 8.06. The average molecular weight is 214 g/mol. The van der Waals surface area contributed by atoms with Gasteiger partial charge < -0.3 is 5.32 Å². The number of nitrogens with one attached hydrogen (secondary N) is 1. The van der Waals surface area contributed by atoms with Gasteiger partial charge in [0.05, 0.1) is 0 Å². The van der Waals surface area contributed by atoms with E-state index in [4.69, 9.17) is 11.6 Å². The van der Waals surface area contributed by atoms with Crippen molar-refractivity contribution in [2.75, 3.05) is 6.54 Å². The van der Waals surface area contributed by atoms with Crippen LogP contribution in [0.15, 0.2) is 18.2 Å². The van der Waals surface area contributed by atoms with Crippen LogP contribution < -0.4 is 5.32 Å². The van der Waals surface area contributed by atoms with Gasteiger partial charge in [0, 0.05) is 11.1 Å². The van der Waals surface area contributed by atoms with Crippen LogP contribution in [0.2, 0.25) is 5.02 Å². The van der Waals surface area contributed by atoms with Crippen molar-refractivity contribution in [3.05, 3.63) is 34.6 Å². The highest BCUT2D eigenvalue weighted by Gasteiger charge is 2.26. The van der Waals surface area contributed by atoms with Gasteiger partial charge in [-0.1, -0.05) is 18.5 Å². The second kappa shape index (κ2) is 3.87. The smallest absolute Gasteiger partial charge is 0.123 e. The van der Waals surface area contributed by atoms with Gasteiger partial charge in [0.2, 0.25) is 0 Å². The van der Waals surface area contributed by atoms with E-state index in [0.29, 0.717) is 10.9 Å². The molecule has 0 saturated carbocycles. The Balaban J connectivity index is 2.34. The lowest BCUT2D eigenvalue weighted by Gasteiger charge is -2.17. The van der Waals surface area contributed by atoms with Gasteiger partial charge in [0.15, 0.2) is 0 Å². The normalized spacial score (nSPS) is 26.8. The first kappa shape index (κ1) is 9.94. The Hall–Kier alpha value is -0.600. The molecule has 76 valence electrons. The Morgan fingerprint density at radius 2 is 2.29 bits per heavy atom. The summed E-state index contributed by atoms with van der Waals surface area (Å²) in [5.41, 5.74) is 0.886. The number of halogens is 2. The summed E-state index contributed by atoms with van der Waals surface area (Å²) in [6.07, 6.45) is 1.12. The summed E-state index contributed by atoms with van der Waals surface area (Å²) in [7, 11) is 0. The lowest BCUT2D eigenvalue weighted by Crippen LogP contribution is -2.17. The van der Waals surface area contributed by atoms with E-state index < -0.39 is 0 Å². The highest BCUT2D eigenvalue weighted by atomic mass is 35.5. The highest BCUT2D eigenvalue weighted by Crippen LogP contribution is 2.33.